The monoisotopic (exact) mass is 787 g/mol. The first-order chi connectivity index (χ1) is 27.4. The van der Waals surface area contributed by atoms with Gasteiger partial charge in [-0.05, 0) is 60.3 Å². The third-order valence-corrected chi connectivity index (χ3v) is 16.9. The highest BCUT2D eigenvalue weighted by atomic mass is 28.3. The van der Waals surface area contributed by atoms with E-state index < -0.39 is 30.6 Å². The summed E-state index contributed by atoms with van der Waals surface area (Å²) in [5, 5.41) is 29.0. The smallest absolute Gasteiger partial charge is 0.279 e. The summed E-state index contributed by atoms with van der Waals surface area (Å²) >= 11 is 0. The maximum atomic E-state index is 15.3. The Kier molecular flexibility index (Phi) is 9.82. The number of rotatable bonds is 10. The number of nitro groups is 1. The van der Waals surface area contributed by atoms with E-state index in [1.807, 2.05) is 61.5 Å². The van der Waals surface area contributed by atoms with E-state index >= 15 is 4.79 Å². The Hall–Kier alpha value is -5.70. The van der Waals surface area contributed by atoms with E-state index in [1.165, 1.54) is 16.8 Å². The first-order valence-electron chi connectivity index (χ1n) is 19.3. The van der Waals surface area contributed by atoms with Gasteiger partial charge in [-0.3, -0.25) is 24.5 Å². The number of aliphatic hydroxyl groups excluding tert-OH is 1. The van der Waals surface area contributed by atoms with Crippen LogP contribution in [0.5, 0.6) is 5.75 Å². The van der Waals surface area contributed by atoms with Crippen molar-refractivity contribution in [2.24, 2.45) is 5.92 Å². The van der Waals surface area contributed by atoms with Gasteiger partial charge >= 0.3 is 0 Å². The fourth-order valence-electron chi connectivity index (χ4n) is 9.62. The number of benzene rings is 4. The minimum absolute atomic E-state index is 0.00101. The highest BCUT2D eigenvalue weighted by Gasteiger charge is 2.67. The molecule has 3 aliphatic heterocycles. The van der Waals surface area contributed by atoms with Crippen LogP contribution in [0.4, 0.5) is 11.4 Å². The number of likely N-dealkylation sites (tertiary alicyclic amines) is 1. The third kappa shape index (κ3) is 6.32. The van der Waals surface area contributed by atoms with Crippen molar-refractivity contribution in [3.05, 3.63) is 129 Å². The Balaban J connectivity index is 1.18. The van der Waals surface area contributed by atoms with Gasteiger partial charge in [-0.25, -0.2) is 0 Å². The number of anilines is 1. The summed E-state index contributed by atoms with van der Waals surface area (Å²) in [6.45, 7) is 6.94. The zero-order valence-electron chi connectivity index (χ0n) is 32.3. The molecule has 14 heteroatoms. The van der Waals surface area contributed by atoms with Crippen LogP contribution in [0, 0.1) is 16.0 Å². The van der Waals surface area contributed by atoms with Crippen molar-refractivity contribution in [2.45, 2.75) is 69.1 Å². The van der Waals surface area contributed by atoms with E-state index in [-0.39, 0.29) is 54.2 Å². The summed E-state index contributed by atoms with van der Waals surface area (Å²) in [6.07, 6.45) is 2.46. The van der Waals surface area contributed by atoms with Crippen molar-refractivity contribution in [1.82, 2.24) is 14.7 Å². The minimum Gasteiger partial charge on any atom is -0.497 e. The molecular weight excluding hydrogens is 743 g/mol. The molecule has 1 spiro atoms. The summed E-state index contributed by atoms with van der Waals surface area (Å²) in [5.74, 6) is -0.274. The average molecular weight is 788 g/mol. The molecular formula is C43H45N5O8Si. The summed E-state index contributed by atoms with van der Waals surface area (Å²) < 4.78 is 13.9. The van der Waals surface area contributed by atoms with Crippen LogP contribution in [-0.2, 0) is 26.5 Å². The van der Waals surface area contributed by atoms with Gasteiger partial charge in [0.2, 0.25) is 5.91 Å². The van der Waals surface area contributed by atoms with Crippen LogP contribution in [0.2, 0.25) is 18.6 Å². The maximum absolute atomic E-state index is 15.3. The van der Waals surface area contributed by atoms with Crippen molar-refractivity contribution < 1.29 is 29.1 Å². The van der Waals surface area contributed by atoms with Crippen LogP contribution in [0.3, 0.4) is 0 Å². The number of hydrogen-bond acceptors (Lipinski definition) is 9. The van der Waals surface area contributed by atoms with E-state index in [0.29, 0.717) is 41.0 Å². The first kappa shape index (κ1) is 38.2. The Bertz CT molecular complexity index is 2440. The molecule has 0 radical (unpaired) electrons. The molecule has 4 aromatic carbocycles. The number of ether oxygens (including phenoxy) is 2. The van der Waals surface area contributed by atoms with Gasteiger partial charge in [0.25, 0.3) is 17.2 Å². The quantitative estimate of drug-likeness (QED) is 0.111. The number of nitrogens with zero attached hydrogens (tertiary/aromatic N) is 5. The summed E-state index contributed by atoms with van der Waals surface area (Å²) in [4.78, 5) is 57.7. The fraction of sp³-hybridized carbons (Fsp3) is 0.349. The van der Waals surface area contributed by atoms with Gasteiger partial charge in [-0.2, -0.15) is 9.78 Å². The number of fused-ring (bicyclic) bond motifs is 3. The molecule has 4 heterocycles. The number of methoxy groups -OCH3 is 1. The number of amides is 2. The zero-order chi connectivity index (χ0) is 40.2. The second kappa shape index (κ2) is 14.7. The lowest BCUT2D eigenvalue weighted by molar-refractivity contribution is -0.385. The summed E-state index contributed by atoms with van der Waals surface area (Å²) in [5.41, 5.74) is -0.0684. The molecule has 3 aliphatic rings. The molecule has 1 aromatic heterocycles. The minimum atomic E-state index is -2.62. The molecule has 8 rings (SSSR count). The van der Waals surface area contributed by atoms with Crippen molar-refractivity contribution in [1.29, 1.82) is 0 Å². The Labute approximate surface area is 330 Å². The molecule has 0 saturated carbocycles. The number of nitro benzene ring substituents is 1. The van der Waals surface area contributed by atoms with E-state index in [1.54, 1.807) is 47.4 Å². The molecule has 2 saturated heterocycles. The molecule has 0 bridgehead atoms. The predicted octanol–water partition coefficient (Wildman–Crippen LogP) is 5.44. The molecule has 0 aliphatic carbocycles. The topological polar surface area (TPSA) is 157 Å². The van der Waals surface area contributed by atoms with E-state index in [0.717, 1.165) is 22.6 Å². The third-order valence-electron chi connectivity index (χ3n) is 12.5. The standard InChI is InChI=1S/C43H45N5O8Si/c1-27-40(57(3,4)34-18-16-33(55-2)17-19-34)38(23-39(50)45-21-7-9-32(45)26-49)56-43(27)36-22-31(48(53)54)15-20-37(36)46(42(43)52)25-28-11-13-30(14-12-28)47-41(51)35-10-6-5-8-29(35)24-44-47/h5-6,8,10-20,22,24,27,32,38,40,49H,7,9,21,23,25-26H2,1-4H3/t27-,32+,38+,40-,43+/m1/s1. The van der Waals surface area contributed by atoms with Gasteiger partial charge in [0.1, 0.15) is 5.75 Å². The van der Waals surface area contributed by atoms with E-state index in [9.17, 15) is 24.8 Å². The van der Waals surface area contributed by atoms with Gasteiger partial charge in [-0.1, -0.05) is 67.7 Å². The van der Waals surface area contributed by atoms with Gasteiger partial charge in [0.15, 0.2) is 5.60 Å². The zero-order valence-corrected chi connectivity index (χ0v) is 33.3. The molecule has 0 unspecified atom stereocenters. The van der Waals surface area contributed by atoms with Gasteiger partial charge < -0.3 is 24.4 Å². The second-order valence-corrected chi connectivity index (χ2v) is 20.6. The van der Waals surface area contributed by atoms with Gasteiger partial charge in [0, 0.05) is 35.5 Å². The Morgan fingerprint density at radius 1 is 1.05 bits per heavy atom. The molecule has 2 fully saturated rings. The molecule has 5 atom stereocenters. The normalized spacial score (nSPS) is 23.1. The van der Waals surface area contributed by atoms with Crippen LogP contribution in [0.1, 0.15) is 37.3 Å². The molecule has 57 heavy (non-hydrogen) atoms. The van der Waals surface area contributed by atoms with Crippen LogP contribution in [0.15, 0.2) is 102 Å². The van der Waals surface area contributed by atoms with Crippen LogP contribution < -0.4 is 20.4 Å². The highest BCUT2D eigenvalue weighted by Crippen LogP contribution is 2.60. The van der Waals surface area contributed by atoms with Crippen LogP contribution in [-0.4, -0.2) is 77.0 Å². The molecule has 2 amide bonds. The fourth-order valence-corrected chi connectivity index (χ4v) is 13.6. The Morgan fingerprint density at radius 2 is 1.79 bits per heavy atom. The second-order valence-electron chi connectivity index (χ2n) is 15.9. The lowest BCUT2D eigenvalue weighted by Crippen LogP contribution is -2.52. The largest absolute Gasteiger partial charge is 0.497 e. The SMILES string of the molecule is COc1ccc([Si](C)(C)[C@H]2[C@H](CC(=O)N3CCC[C@H]3CO)O[C@@]3(C(=O)N(Cc4ccc(-n5ncc6ccccc6c5=O)cc4)c4ccc([N+](=O)[O-])cc43)[C@@H]2C)cc1. The molecule has 1 N–H and O–H groups in total. The van der Waals surface area contributed by atoms with Gasteiger partial charge in [-0.15, -0.1) is 0 Å². The predicted molar refractivity (Wildman–Crippen MR) is 218 cm³/mol. The summed E-state index contributed by atoms with van der Waals surface area (Å²) in [6, 6.07) is 26.6. The first-order valence-corrected chi connectivity index (χ1v) is 22.4. The number of hydrogen-bond donors (Lipinski definition) is 1. The number of aliphatic hydroxyl groups is 1. The summed E-state index contributed by atoms with van der Waals surface area (Å²) in [7, 11) is -1.00. The lowest BCUT2D eigenvalue weighted by atomic mass is 9.82. The molecule has 294 valence electrons. The number of carbonyl (C=O) groups is 2. The van der Waals surface area contributed by atoms with Crippen molar-refractivity contribution >= 4 is 47.2 Å². The van der Waals surface area contributed by atoms with Crippen LogP contribution in [0.25, 0.3) is 16.5 Å². The van der Waals surface area contributed by atoms with E-state index in [2.05, 4.69) is 18.2 Å². The van der Waals surface area contributed by atoms with Crippen molar-refractivity contribution in [2.75, 3.05) is 25.2 Å². The van der Waals surface area contributed by atoms with Gasteiger partial charge in [0.05, 0.1) is 74.8 Å². The molecule has 5 aromatic rings. The highest BCUT2D eigenvalue weighted by molar-refractivity contribution is 6.91. The maximum Gasteiger partial charge on any atom is 0.279 e. The Morgan fingerprint density at radius 3 is 2.49 bits per heavy atom. The molecule has 13 nitrogen and oxygen atoms in total. The van der Waals surface area contributed by atoms with Crippen molar-refractivity contribution in [3.8, 4) is 11.4 Å². The van der Waals surface area contributed by atoms with Crippen molar-refractivity contribution in [3.63, 3.8) is 0 Å². The number of carbonyl (C=O) groups excluding carboxylic acids is 2. The van der Waals surface area contributed by atoms with E-state index in [4.69, 9.17) is 9.47 Å². The van der Waals surface area contributed by atoms with Crippen LogP contribution >= 0.6 is 0 Å². The average Bonchev–Trinajstić information content (AvgIpc) is 3.88. The number of non-ortho nitro benzene ring substituents is 1. The number of aromatic nitrogens is 2. The lowest BCUT2D eigenvalue weighted by Gasteiger charge is -2.37.